The predicted octanol–water partition coefficient (Wildman–Crippen LogP) is 5.44. The standard InChI is InChI=1S/C25H18ClFN2O6S2/c1-15(30)28-17-9-11-18(12-10-17)37(33,34)35-22-8-3-2-5-16(22)13-23-24(31)29(25(32)36-23)14-19-20(26)6-4-7-21(19)27/h2-13H,14H2,1H3,(H,28,30)/b23-13-. The Labute approximate surface area is 221 Å². The maximum atomic E-state index is 14.2. The van der Waals surface area contributed by atoms with Crippen molar-refractivity contribution in [1.29, 1.82) is 0 Å². The van der Waals surface area contributed by atoms with E-state index in [9.17, 15) is 27.2 Å². The minimum Gasteiger partial charge on any atom is -0.378 e. The molecule has 0 aliphatic carbocycles. The number of benzene rings is 3. The maximum Gasteiger partial charge on any atom is 0.339 e. The van der Waals surface area contributed by atoms with Crippen LogP contribution in [-0.2, 0) is 26.3 Å². The second kappa shape index (κ2) is 10.8. The van der Waals surface area contributed by atoms with Crippen molar-refractivity contribution in [2.75, 3.05) is 5.32 Å². The molecule has 8 nitrogen and oxygen atoms in total. The summed E-state index contributed by atoms with van der Waals surface area (Å²) in [7, 11) is -4.27. The van der Waals surface area contributed by atoms with Crippen molar-refractivity contribution >= 4 is 62.3 Å². The van der Waals surface area contributed by atoms with Gasteiger partial charge in [-0.2, -0.15) is 8.42 Å². The van der Waals surface area contributed by atoms with E-state index in [1.165, 1.54) is 67.6 Å². The van der Waals surface area contributed by atoms with Crippen molar-refractivity contribution in [3.63, 3.8) is 0 Å². The van der Waals surface area contributed by atoms with E-state index < -0.39 is 27.1 Å². The number of amides is 3. The van der Waals surface area contributed by atoms with Gasteiger partial charge >= 0.3 is 10.1 Å². The first kappa shape index (κ1) is 26.4. The first-order valence-electron chi connectivity index (χ1n) is 10.6. The number of nitrogens with one attached hydrogen (secondary N) is 1. The summed E-state index contributed by atoms with van der Waals surface area (Å²) in [4.78, 5) is 37.3. The molecule has 1 aliphatic rings. The van der Waals surface area contributed by atoms with Crippen molar-refractivity contribution in [1.82, 2.24) is 4.90 Å². The lowest BCUT2D eigenvalue weighted by Gasteiger charge is -2.14. The molecule has 3 aromatic carbocycles. The topological polar surface area (TPSA) is 110 Å². The van der Waals surface area contributed by atoms with Crippen LogP contribution < -0.4 is 9.50 Å². The van der Waals surface area contributed by atoms with E-state index in [4.69, 9.17) is 15.8 Å². The Morgan fingerprint density at radius 3 is 2.46 bits per heavy atom. The predicted molar refractivity (Wildman–Crippen MR) is 138 cm³/mol. The second-order valence-corrected chi connectivity index (χ2v) is 10.7. The molecule has 12 heteroatoms. The minimum absolute atomic E-state index is 0.00516. The van der Waals surface area contributed by atoms with Crippen LogP contribution in [0.4, 0.5) is 14.9 Å². The molecule has 1 aliphatic heterocycles. The largest absolute Gasteiger partial charge is 0.378 e. The number of hydrogen-bond donors (Lipinski definition) is 1. The van der Waals surface area contributed by atoms with Gasteiger partial charge < -0.3 is 9.50 Å². The first-order valence-corrected chi connectivity index (χ1v) is 13.2. The van der Waals surface area contributed by atoms with Gasteiger partial charge in [0.2, 0.25) is 5.91 Å². The van der Waals surface area contributed by atoms with Crippen LogP contribution in [0.15, 0.2) is 76.5 Å². The SMILES string of the molecule is CC(=O)Nc1ccc(S(=O)(=O)Oc2ccccc2/C=C2\SC(=O)N(Cc3c(F)cccc3Cl)C2=O)cc1. The molecule has 37 heavy (non-hydrogen) atoms. The summed E-state index contributed by atoms with van der Waals surface area (Å²) in [6.07, 6.45) is 1.33. The van der Waals surface area contributed by atoms with Crippen LogP contribution in [0.25, 0.3) is 6.08 Å². The quantitative estimate of drug-likeness (QED) is 0.302. The van der Waals surface area contributed by atoms with Crippen molar-refractivity contribution in [3.8, 4) is 5.75 Å². The first-order chi connectivity index (χ1) is 17.5. The zero-order valence-electron chi connectivity index (χ0n) is 19.1. The van der Waals surface area contributed by atoms with Gasteiger partial charge in [0, 0.05) is 28.8 Å². The van der Waals surface area contributed by atoms with Crippen LogP contribution >= 0.6 is 23.4 Å². The lowest BCUT2D eigenvalue weighted by molar-refractivity contribution is -0.123. The number of carbonyl (C=O) groups is 3. The number of imide groups is 1. The molecule has 190 valence electrons. The second-order valence-electron chi connectivity index (χ2n) is 7.75. The molecule has 0 aromatic heterocycles. The summed E-state index contributed by atoms with van der Waals surface area (Å²) in [6, 6.07) is 15.5. The van der Waals surface area contributed by atoms with E-state index in [-0.39, 0.29) is 44.2 Å². The van der Waals surface area contributed by atoms with Crippen LogP contribution in [0, 0.1) is 5.82 Å². The van der Waals surface area contributed by atoms with Gasteiger partial charge in [-0.25, -0.2) is 4.39 Å². The summed E-state index contributed by atoms with van der Waals surface area (Å²) in [5, 5.41) is 2.00. The summed E-state index contributed by atoms with van der Waals surface area (Å²) < 4.78 is 45.2. The molecule has 0 radical (unpaired) electrons. The Morgan fingerprint density at radius 1 is 1.08 bits per heavy atom. The van der Waals surface area contributed by atoms with Gasteiger partial charge in [-0.05, 0) is 60.3 Å². The van der Waals surface area contributed by atoms with E-state index >= 15 is 0 Å². The number of carbonyl (C=O) groups excluding carboxylic acids is 3. The van der Waals surface area contributed by atoms with E-state index in [2.05, 4.69) is 5.32 Å². The Kier molecular flexibility index (Phi) is 7.67. The van der Waals surface area contributed by atoms with Crippen LogP contribution in [0.5, 0.6) is 5.75 Å². The average molecular weight is 561 g/mol. The molecule has 0 bridgehead atoms. The average Bonchev–Trinajstić information content (AvgIpc) is 3.09. The molecule has 0 spiro atoms. The molecule has 1 saturated heterocycles. The zero-order valence-corrected chi connectivity index (χ0v) is 21.5. The third-order valence-corrected chi connectivity index (χ3v) is 7.63. The third-order valence-electron chi connectivity index (χ3n) is 5.12. The van der Waals surface area contributed by atoms with Gasteiger partial charge in [-0.15, -0.1) is 0 Å². The van der Waals surface area contributed by atoms with Crippen molar-refractivity contribution < 1.29 is 31.4 Å². The number of rotatable bonds is 7. The van der Waals surface area contributed by atoms with Crippen molar-refractivity contribution in [2.45, 2.75) is 18.4 Å². The molecule has 4 rings (SSSR count). The number of para-hydroxylation sites is 1. The molecule has 3 amide bonds. The Morgan fingerprint density at radius 2 is 1.78 bits per heavy atom. The van der Waals surface area contributed by atoms with E-state index in [1.807, 2.05) is 0 Å². The number of hydrogen-bond acceptors (Lipinski definition) is 7. The Hall–Kier alpha value is -3.67. The van der Waals surface area contributed by atoms with Crippen molar-refractivity contribution in [3.05, 3.63) is 93.6 Å². The molecule has 3 aromatic rings. The van der Waals surface area contributed by atoms with Crippen LogP contribution in [0.2, 0.25) is 5.02 Å². The van der Waals surface area contributed by atoms with Gasteiger partial charge in [-0.3, -0.25) is 19.3 Å². The van der Waals surface area contributed by atoms with Gasteiger partial charge in [-0.1, -0.05) is 35.9 Å². The Bertz CT molecular complexity index is 1520. The van der Waals surface area contributed by atoms with Gasteiger partial charge in [0.1, 0.15) is 16.5 Å². The monoisotopic (exact) mass is 560 g/mol. The minimum atomic E-state index is -4.27. The normalized spacial score (nSPS) is 14.8. The third kappa shape index (κ3) is 6.01. The fourth-order valence-corrected chi connectivity index (χ4v) is 5.37. The molecule has 0 unspecified atom stereocenters. The van der Waals surface area contributed by atoms with E-state index in [1.54, 1.807) is 12.1 Å². The molecule has 1 heterocycles. The van der Waals surface area contributed by atoms with E-state index in [0.717, 1.165) is 4.90 Å². The van der Waals surface area contributed by atoms with Crippen molar-refractivity contribution in [2.24, 2.45) is 0 Å². The summed E-state index contributed by atoms with van der Waals surface area (Å²) in [5.74, 6) is -1.70. The lowest BCUT2D eigenvalue weighted by Crippen LogP contribution is -2.28. The molecular weight excluding hydrogens is 543 g/mol. The summed E-state index contributed by atoms with van der Waals surface area (Å²) in [5.41, 5.74) is 0.654. The smallest absolute Gasteiger partial charge is 0.339 e. The van der Waals surface area contributed by atoms with Gasteiger partial charge in [0.15, 0.2) is 0 Å². The molecule has 0 atom stereocenters. The number of thioether (sulfide) groups is 1. The van der Waals surface area contributed by atoms with Gasteiger partial charge in [0.25, 0.3) is 11.1 Å². The molecule has 0 saturated carbocycles. The van der Waals surface area contributed by atoms with Crippen LogP contribution in [0.3, 0.4) is 0 Å². The number of anilines is 1. The van der Waals surface area contributed by atoms with E-state index in [0.29, 0.717) is 17.4 Å². The van der Waals surface area contributed by atoms with Crippen LogP contribution in [-0.4, -0.2) is 30.4 Å². The number of nitrogens with zero attached hydrogens (tertiary/aromatic N) is 1. The fourth-order valence-electron chi connectivity index (χ4n) is 3.37. The highest BCUT2D eigenvalue weighted by molar-refractivity contribution is 8.18. The Balaban J connectivity index is 1.57. The summed E-state index contributed by atoms with van der Waals surface area (Å²) >= 11 is 6.66. The zero-order chi connectivity index (χ0) is 26.7. The highest BCUT2D eigenvalue weighted by Gasteiger charge is 2.36. The fraction of sp³-hybridized carbons (Fsp3) is 0.0800. The number of halogens is 2. The highest BCUT2D eigenvalue weighted by atomic mass is 35.5. The summed E-state index contributed by atoms with van der Waals surface area (Å²) in [6.45, 7) is 0.975. The van der Waals surface area contributed by atoms with Crippen LogP contribution in [0.1, 0.15) is 18.1 Å². The molecule has 1 N–H and O–H groups in total. The van der Waals surface area contributed by atoms with Gasteiger partial charge in [0.05, 0.1) is 11.4 Å². The molecule has 1 fully saturated rings. The molecular formula is C25H18ClFN2O6S2. The highest BCUT2D eigenvalue weighted by Crippen LogP contribution is 2.36. The maximum absolute atomic E-state index is 14.2. The lowest BCUT2D eigenvalue weighted by atomic mass is 10.1.